The molecule has 0 radical (unpaired) electrons. The summed E-state index contributed by atoms with van der Waals surface area (Å²) < 4.78 is 31.1. The molecule has 20 heteroatoms. The first-order chi connectivity index (χ1) is 36.6. The molecule has 4 aliphatic rings. The smallest absolute Gasteiger partial charge is 0.506 e. The molecule has 0 fully saturated rings. The Morgan fingerprint density at radius 3 is 1.18 bits per heavy atom. The molecule has 2 aliphatic heterocycles. The van der Waals surface area contributed by atoms with Crippen molar-refractivity contribution in [1.82, 2.24) is 0 Å². The molecule has 6 unspecified atom stereocenters. The van der Waals surface area contributed by atoms with E-state index in [0.717, 1.165) is 33.4 Å². The molecule has 80 heavy (non-hydrogen) atoms. The van der Waals surface area contributed by atoms with Gasteiger partial charge in [0.1, 0.15) is 50.8 Å². The van der Waals surface area contributed by atoms with Crippen molar-refractivity contribution in [2.24, 2.45) is 10.8 Å². The van der Waals surface area contributed by atoms with Crippen molar-refractivity contribution in [3.8, 4) is 0 Å². The van der Waals surface area contributed by atoms with Crippen molar-refractivity contribution in [2.75, 3.05) is 26.4 Å². The molecule has 424 valence electrons. The number of esters is 4. The van der Waals surface area contributed by atoms with Gasteiger partial charge in [-0.15, -0.1) is 0 Å². The molecule has 2 heterocycles. The van der Waals surface area contributed by atoms with E-state index in [0.29, 0.717) is 11.1 Å². The summed E-state index contributed by atoms with van der Waals surface area (Å²) in [7, 11) is 0. The molecule has 0 aromatic rings. The number of hydrogen-bond donors (Lipinski definition) is 6. The number of ether oxygens (including phenoxy) is 6. The second kappa shape index (κ2) is 33.1. The van der Waals surface area contributed by atoms with Crippen LogP contribution in [-0.4, -0.2) is 129 Å². The predicted molar refractivity (Wildman–Crippen MR) is 289 cm³/mol. The van der Waals surface area contributed by atoms with Crippen molar-refractivity contribution in [3.05, 3.63) is 153 Å². The van der Waals surface area contributed by atoms with Gasteiger partial charge >= 0.3 is 83.0 Å². The minimum Gasteiger partial charge on any atom is -0.506 e. The maximum atomic E-state index is 13.3. The summed E-state index contributed by atoms with van der Waals surface area (Å²) in [5.41, 5.74) is 5.50. The van der Waals surface area contributed by atoms with E-state index in [1.54, 1.807) is 13.8 Å². The zero-order chi connectivity index (χ0) is 58.1. The largest absolute Gasteiger partial charge is 1.00 e. The van der Waals surface area contributed by atoms with Crippen LogP contribution in [0.3, 0.4) is 0 Å². The van der Waals surface area contributed by atoms with Crippen molar-refractivity contribution in [2.45, 2.75) is 144 Å². The Balaban J connectivity index is 0.0000109. The van der Waals surface area contributed by atoms with Gasteiger partial charge in [0.15, 0.2) is 46.8 Å². The van der Waals surface area contributed by atoms with Gasteiger partial charge in [0, 0.05) is 12.8 Å². The van der Waals surface area contributed by atoms with Crippen molar-refractivity contribution in [3.63, 3.8) is 0 Å². The number of carbonyl (C=O) groups excluding carboxylic acids is 6. The first kappa shape index (κ1) is 71.0. The Morgan fingerprint density at radius 1 is 0.537 bits per heavy atom. The van der Waals surface area contributed by atoms with Crippen LogP contribution in [0.2, 0.25) is 0 Å². The summed E-state index contributed by atoms with van der Waals surface area (Å²) in [6.45, 7) is 17.5. The van der Waals surface area contributed by atoms with Crippen LogP contribution in [0.15, 0.2) is 153 Å². The standard InChI is InChI=1S/C60H76O18.2Na/c1-35(17-13-19-37(3)21-23-41-39(5)53(69)47(29-59(41,7)8)77-51(67)27-25-49(65)73-33-45(63)57-55(71)43(61)31-75-57)15-11-12-16-36(2)18-14-20-38(4)22-24-42-40(6)54(70)48(30-60(42,9)10)78-52(68)28-26-50(66)74-34-46(64)58-56(72)44(62)32-76-58;;/h11-24,45-48,57-58,61-64,71-72H,25-34H2,1-10H3;;/q;2*+1/b12-11+,17-13+,18-14+,23-21+,24-22+,35-15+,36-16+,37-19+,38-20+;;. The van der Waals surface area contributed by atoms with Crippen molar-refractivity contribution in [1.29, 1.82) is 0 Å². The molecule has 6 N–H and O–H groups in total. The topological polar surface area (TPSA) is 279 Å². The molecule has 0 saturated carbocycles. The third-order valence-electron chi connectivity index (χ3n) is 13.3. The number of rotatable bonds is 24. The number of aliphatic hydroxyl groups excluding tert-OH is 6. The van der Waals surface area contributed by atoms with Gasteiger partial charge in [0.25, 0.3) is 0 Å². The van der Waals surface area contributed by atoms with Crippen LogP contribution >= 0.6 is 0 Å². The third kappa shape index (κ3) is 21.7. The minimum atomic E-state index is -1.42. The van der Waals surface area contributed by atoms with Gasteiger partial charge in [-0.05, 0) is 74.7 Å². The Morgan fingerprint density at radius 2 is 0.850 bits per heavy atom. The average molecular weight is 1130 g/mol. The summed E-state index contributed by atoms with van der Waals surface area (Å²) in [6.07, 6.45) is 19.0. The molecule has 2 aliphatic carbocycles. The first-order valence-electron chi connectivity index (χ1n) is 25.7. The van der Waals surface area contributed by atoms with E-state index in [-0.39, 0.29) is 122 Å². The van der Waals surface area contributed by atoms with Crippen LogP contribution in [0, 0.1) is 10.8 Å². The summed E-state index contributed by atoms with van der Waals surface area (Å²) in [5.74, 6) is -5.62. The van der Waals surface area contributed by atoms with Crippen molar-refractivity contribution >= 4 is 35.4 Å². The monoisotopic (exact) mass is 1130 g/mol. The molecule has 0 amide bonds. The molecule has 0 aromatic carbocycles. The maximum Gasteiger partial charge on any atom is 1.00 e. The van der Waals surface area contributed by atoms with Crippen LogP contribution < -0.4 is 59.1 Å². The number of hydrogen-bond acceptors (Lipinski definition) is 18. The number of carbonyl (C=O) groups is 6. The van der Waals surface area contributed by atoms with E-state index in [1.165, 1.54) is 0 Å². The maximum absolute atomic E-state index is 13.3. The van der Waals surface area contributed by atoms with Gasteiger partial charge < -0.3 is 59.1 Å². The van der Waals surface area contributed by atoms with Crippen LogP contribution in [0.4, 0.5) is 0 Å². The number of ketones is 2. The van der Waals surface area contributed by atoms with Gasteiger partial charge in [-0.25, -0.2) is 0 Å². The fourth-order valence-electron chi connectivity index (χ4n) is 8.83. The zero-order valence-corrected chi connectivity index (χ0v) is 52.2. The van der Waals surface area contributed by atoms with Crippen LogP contribution in [-0.2, 0) is 57.2 Å². The zero-order valence-electron chi connectivity index (χ0n) is 48.2. The summed E-state index contributed by atoms with van der Waals surface area (Å²) in [6, 6.07) is 0. The van der Waals surface area contributed by atoms with E-state index >= 15 is 0 Å². The fourth-order valence-corrected chi connectivity index (χ4v) is 8.83. The second-order valence-electron chi connectivity index (χ2n) is 21.0. The van der Waals surface area contributed by atoms with Crippen LogP contribution in [0.25, 0.3) is 0 Å². The predicted octanol–water partition coefficient (Wildman–Crippen LogP) is 2.84. The van der Waals surface area contributed by atoms with Gasteiger partial charge in [-0.1, -0.05) is 135 Å². The first-order valence-corrected chi connectivity index (χ1v) is 25.7. The Labute approximate surface area is 513 Å². The van der Waals surface area contributed by atoms with E-state index in [9.17, 15) is 59.4 Å². The molecule has 0 saturated heterocycles. The second-order valence-corrected chi connectivity index (χ2v) is 21.0. The molecule has 0 aromatic heterocycles. The molecular formula is C60H76Na2O18+2. The number of aliphatic hydroxyl groups is 6. The van der Waals surface area contributed by atoms with Crippen LogP contribution in [0.1, 0.15) is 108 Å². The molecule has 18 nitrogen and oxygen atoms in total. The molecule has 6 atom stereocenters. The van der Waals surface area contributed by atoms with E-state index < -0.39 is 108 Å². The third-order valence-corrected chi connectivity index (χ3v) is 13.3. The minimum absolute atomic E-state index is 0. The van der Waals surface area contributed by atoms with Gasteiger partial charge in [-0.3, -0.25) is 28.8 Å². The molecular weight excluding hydrogens is 1050 g/mol. The Bertz CT molecular complexity index is 2540. The Hall–Kier alpha value is -5.12. The Kier molecular flexibility index (Phi) is 29.4. The van der Waals surface area contributed by atoms with E-state index in [2.05, 4.69) is 0 Å². The average Bonchev–Trinajstić information content (AvgIpc) is 3.89. The van der Waals surface area contributed by atoms with Crippen molar-refractivity contribution < 1.29 is 147 Å². The van der Waals surface area contributed by atoms with Crippen LogP contribution in [0.5, 0.6) is 0 Å². The molecule has 4 rings (SSSR count). The molecule has 0 bridgehead atoms. The summed E-state index contributed by atoms with van der Waals surface area (Å²) in [5, 5.41) is 58.6. The van der Waals surface area contributed by atoms with Gasteiger partial charge in [0.05, 0.1) is 25.7 Å². The van der Waals surface area contributed by atoms with Gasteiger partial charge in [0.2, 0.25) is 0 Å². The fraction of sp³-hybridized carbons (Fsp3) is 0.467. The van der Waals surface area contributed by atoms with E-state index in [1.807, 2.05) is 140 Å². The molecule has 0 spiro atoms. The quantitative estimate of drug-likeness (QED) is 0.0351. The number of allylic oxidation sites excluding steroid dienone is 20. The summed E-state index contributed by atoms with van der Waals surface area (Å²) >= 11 is 0. The van der Waals surface area contributed by atoms with E-state index in [4.69, 9.17) is 28.4 Å². The number of Topliss-reactive ketones (excluding diaryl/α,β-unsaturated/α-hetero) is 2. The normalized spacial score (nSPS) is 22.9. The summed E-state index contributed by atoms with van der Waals surface area (Å²) in [4.78, 5) is 76.4. The van der Waals surface area contributed by atoms with Gasteiger partial charge in [-0.2, -0.15) is 0 Å². The SMILES string of the molecule is CC1=C(/C=C/C(C)=C/C=C/C(C)=C/C=C/C=C(C)/C=C/C=C(C)/C=C/C2=C(C)C(=O)C(OC(=O)CCC(=O)OCC(O)C3OCC(O)=C3O)CC2(C)C)C(C)(C)CC(OC(=O)CCC(=O)OCC(O)C2OCC(O)=C2O)C1=O.[Na+].[Na+].